The third-order valence-corrected chi connectivity index (χ3v) is 3.59. The second kappa shape index (κ2) is 8.05. The van der Waals surface area contributed by atoms with Crippen LogP contribution in [0.25, 0.3) is 12.2 Å². The fourth-order valence-electron chi connectivity index (χ4n) is 2.38. The highest BCUT2D eigenvalue weighted by Gasteiger charge is 2.27. The normalized spacial score (nSPS) is 10.6. The van der Waals surface area contributed by atoms with E-state index in [2.05, 4.69) is 0 Å². The molecule has 0 aliphatic carbocycles. The Hall–Kier alpha value is -3.22. The van der Waals surface area contributed by atoms with Crippen LogP contribution in [0, 0.1) is 10.1 Å². The van der Waals surface area contributed by atoms with E-state index in [-0.39, 0.29) is 17.2 Å². The lowest BCUT2D eigenvalue weighted by atomic mass is 10.1. The van der Waals surface area contributed by atoms with Crippen LogP contribution >= 0.6 is 0 Å². The van der Waals surface area contributed by atoms with Crippen LogP contribution < -0.4 is 18.9 Å². The Morgan fingerprint density at radius 3 is 2.00 bits per heavy atom. The molecule has 0 saturated carbocycles. The van der Waals surface area contributed by atoms with Crippen molar-refractivity contribution in [3.63, 3.8) is 0 Å². The summed E-state index contributed by atoms with van der Waals surface area (Å²) in [7, 11) is 5.79. The number of nitro benzene ring substituents is 1. The van der Waals surface area contributed by atoms with E-state index in [0.717, 1.165) is 11.3 Å². The van der Waals surface area contributed by atoms with Crippen molar-refractivity contribution in [1.82, 2.24) is 0 Å². The lowest BCUT2D eigenvalue weighted by Gasteiger charge is -2.13. The minimum atomic E-state index is -0.505. The Morgan fingerprint density at radius 2 is 1.52 bits per heavy atom. The van der Waals surface area contributed by atoms with Gasteiger partial charge in [0.25, 0.3) is 0 Å². The zero-order valence-corrected chi connectivity index (χ0v) is 14.4. The molecule has 0 atom stereocenters. The number of methoxy groups -OCH3 is 4. The maximum Gasteiger partial charge on any atom is 0.322 e. The highest BCUT2D eigenvalue weighted by Crippen LogP contribution is 2.46. The number of ether oxygens (including phenoxy) is 4. The molecule has 0 unspecified atom stereocenters. The maximum atomic E-state index is 11.5. The third-order valence-electron chi connectivity index (χ3n) is 3.59. The molecule has 0 bridgehead atoms. The monoisotopic (exact) mass is 345 g/mol. The molecule has 7 heteroatoms. The maximum absolute atomic E-state index is 11.5. The molecule has 0 saturated heterocycles. The first-order valence-corrected chi connectivity index (χ1v) is 7.35. The molecule has 0 aliphatic heterocycles. The number of hydrogen-bond donors (Lipinski definition) is 0. The summed E-state index contributed by atoms with van der Waals surface area (Å²) in [6.45, 7) is 0. The molecule has 0 spiro atoms. The molecule has 2 rings (SSSR count). The molecule has 2 aromatic rings. The van der Waals surface area contributed by atoms with E-state index in [4.69, 9.17) is 18.9 Å². The molecule has 25 heavy (non-hydrogen) atoms. The van der Waals surface area contributed by atoms with Crippen LogP contribution in [0.4, 0.5) is 5.69 Å². The van der Waals surface area contributed by atoms with E-state index >= 15 is 0 Å². The molecule has 0 heterocycles. The summed E-state index contributed by atoms with van der Waals surface area (Å²) in [6.07, 6.45) is 3.39. The minimum absolute atomic E-state index is 0.0150. The first-order valence-electron chi connectivity index (χ1n) is 7.35. The van der Waals surface area contributed by atoms with Crippen LogP contribution in [-0.2, 0) is 0 Å². The Bertz CT molecular complexity index is 783. The van der Waals surface area contributed by atoms with Crippen molar-refractivity contribution < 1.29 is 23.9 Å². The Kier molecular flexibility index (Phi) is 5.84. The van der Waals surface area contributed by atoms with Crippen LogP contribution in [0.3, 0.4) is 0 Å². The SMILES string of the molecule is COc1ccc(/C=C/c2cc(OC)c(OC)c(OC)c2[N+](=O)[O-])cc1. The second-order valence-electron chi connectivity index (χ2n) is 4.95. The lowest BCUT2D eigenvalue weighted by molar-refractivity contribution is -0.386. The largest absolute Gasteiger partial charge is 0.497 e. The van der Waals surface area contributed by atoms with Gasteiger partial charge in [-0.1, -0.05) is 18.2 Å². The van der Waals surface area contributed by atoms with Gasteiger partial charge in [-0.2, -0.15) is 0 Å². The lowest BCUT2D eigenvalue weighted by Crippen LogP contribution is -2.01. The van der Waals surface area contributed by atoms with E-state index in [1.165, 1.54) is 21.3 Å². The van der Waals surface area contributed by atoms with Crippen LogP contribution in [0.15, 0.2) is 30.3 Å². The highest BCUT2D eigenvalue weighted by molar-refractivity contribution is 5.80. The third kappa shape index (κ3) is 3.82. The Morgan fingerprint density at radius 1 is 0.880 bits per heavy atom. The van der Waals surface area contributed by atoms with Gasteiger partial charge in [0.05, 0.1) is 38.9 Å². The average molecular weight is 345 g/mol. The summed E-state index contributed by atoms with van der Waals surface area (Å²) >= 11 is 0. The number of rotatable bonds is 7. The predicted molar refractivity (Wildman–Crippen MR) is 94.7 cm³/mol. The molecular formula is C18H19NO6. The van der Waals surface area contributed by atoms with E-state index < -0.39 is 4.92 Å². The van der Waals surface area contributed by atoms with Gasteiger partial charge in [0.1, 0.15) is 5.75 Å². The van der Waals surface area contributed by atoms with Gasteiger partial charge in [-0.15, -0.1) is 0 Å². The average Bonchev–Trinajstić information content (AvgIpc) is 2.64. The van der Waals surface area contributed by atoms with E-state index in [1.54, 1.807) is 25.3 Å². The van der Waals surface area contributed by atoms with Crippen molar-refractivity contribution in [2.75, 3.05) is 28.4 Å². The van der Waals surface area contributed by atoms with E-state index in [0.29, 0.717) is 11.3 Å². The number of benzene rings is 2. The van der Waals surface area contributed by atoms with Crippen LogP contribution in [-0.4, -0.2) is 33.4 Å². The van der Waals surface area contributed by atoms with Crippen molar-refractivity contribution in [2.24, 2.45) is 0 Å². The summed E-state index contributed by atoms with van der Waals surface area (Å²) in [6, 6.07) is 8.85. The summed E-state index contributed by atoms with van der Waals surface area (Å²) in [4.78, 5) is 11.0. The molecule has 2 aromatic carbocycles. The molecule has 0 amide bonds. The van der Waals surface area contributed by atoms with Crippen molar-refractivity contribution in [3.05, 3.63) is 51.6 Å². The summed E-state index contributed by atoms with van der Waals surface area (Å²) in [5, 5.41) is 11.5. The van der Waals surface area contributed by atoms with Gasteiger partial charge in [-0.05, 0) is 29.8 Å². The van der Waals surface area contributed by atoms with Crippen molar-refractivity contribution in [3.8, 4) is 23.0 Å². The molecule has 132 valence electrons. The van der Waals surface area contributed by atoms with Crippen LogP contribution in [0.2, 0.25) is 0 Å². The second-order valence-corrected chi connectivity index (χ2v) is 4.95. The quantitative estimate of drug-likeness (QED) is 0.431. The fraction of sp³-hybridized carbons (Fsp3) is 0.222. The fourth-order valence-corrected chi connectivity index (χ4v) is 2.38. The van der Waals surface area contributed by atoms with Gasteiger partial charge < -0.3 is 18.9 Å². The van der Waals surface area contributed by atoms with Crippen LogP contribution in [0.1, 0.15) is 11.1 Å². The van der Waals surface area contributed by atoms with E-state index in [1.807, 2.05) is 24.3 Å². The van der Waals surface area contributed by atoms with Gasteiger partial charge in [-0.25, -0.2) is 0 Å². The molecular weight excluding hydrogens is 326 g/mol. The Balaban J connectivity index is 2.54. The molecule has 0 fully saturated rings. The predicted octanol–water partition coefficient (Wildman–Crippen LogP) is 3.80. The highest BCUT2D eigenvalue weighted by atomic mass is 16.6. The first-order chi connectivity index (χ1) is 12.0. The van der Waals surface area contributed by atoms with Gasteiger partial charge in [0.2, 0.25) is 11.5 Å². The standard InChI is InChI=1S/C18H19NO6/c1-22-14-9-6-12(7-10-14)5-8-13-11-15(23-2)17(24-3)18(25-4)16(13)19(20)21/h5-11H,1-4H3/b8-5+. The Labute approximate surface area is 145 Å². The zero-order valence-electron chi connectivity index (χ0n) is 14.4. The molecule has 0 radical (unpaired) electrons. The van der Waals surface area contributed by atoms with Gasteiger partial charge in [0, 0.05) is 0 Å². The number of nitrogens with zero attached hydrogens (tertiary/aromatic N) is 1. The number of nitro groups is 1. The topological polar surface area (TPSA) is 80.1 Å². The van der Waals surface area contributed by atoms with E-state index in [9.17, 15) is 10.1 Å². The molecule has 0 aliphatic rings. The van der Waals surface area contributed by atoms with Crippen molar-refractivity contribution in [2.45, 2.75) is 0 Å². The summed E-state index contributed by atoms with van der Waals surface area (Å²) in [5.74, 6) is 1.27. The smallest absolute Gasteiger partial charge is 0.322 e. The molecule has 0 N–H and O–H groups in total. The van der Waals surface area contributed by atoms with Crippen molar-refractivity contribution in [1.29, 1.82) is 0 Å². The van der Waals surface area contributed by atoms with Crippen molar-refractivity contribution >= 4 is 17.8 Å². The zero-order chi connectivity index (χ0) is 18.4. The summed E-state index contributed by atoms with van der Waals surface area (Å²) in [5.41, 5.74) is 1.02. The number of hydrogen-bond acceptors (Lipinski definition) is 6. The van der Waals surface area contributed by atoms with Gasteiger partial charge >= 0.3 is 5.69 Å². The minimum Gasteiger partial charge on any atom is -0.497 e. The summed E-state index contributed by atoms with van der Waals surface area (Å²) < 4.78 is 20.8. The van der Waals surface area contributed by atoms with Crippen LogP contribution in [0.5, 0.6) is 23.0 Å². The van der Waals surface area contributed by atoms with Gasteiger partial charge in [-0.3, -0.25) is 10.1 Å². The molecule has 7 nitrogen and oxygen atoms in total. The first kappa shape index (κ1) is 18.1. The van der Waals surface area contributed by atoms with Gasteiger partial charge in [0.15, 0.2) is 5.75 Å². The molecule has 0 aromatic heterocycles.